The van der Waals surface area contributed by atoms with Gasteiger partial charge in [0, 0.05) is 36.9 Å². The van der Waals surface area contributed by atoms with E-state index in [2.05, 4.69) is 46.0 Å². The van der Waals surface area contributed by atoms with Gasteiger partial charge in [-0.25, -0.2) is 9.59 Å². The van der Waals surface area contributed by atoms with E-state index in [1.165, 1.54) is 49.9 Å². The van der Waals surface area contributed by atoms with E-state index in [1.54, 1.807) is 60.7 Å². The van der Waals surface area contributed by atoms with Crippen molar-refractivity contribution in [2.75, 3.05) is 27.2 Å². The van der Waals surface area contributed by atoms with Gasteiger partial charge < -0.3 is 21.2 Å². The van der Waals surface area contributed by atoms with Crippen molar-refractivity contribution < 1.29 is 47.8 Å². The number of nitrogens with zero attached hydrogens (tertiary/aromatic N) is 4. The number of pyridine rings is 2. The van der Waals surface area contributed by atoms with Gasteiger partial charge in [-0.1, -0.05) is 48.5 Å². The summed E-state index contributed by atoms with van der Waals surface area (Å²) in [4.78, 5) is 36.2. The predicted octanol–water partition coefficient (Wildman–Crippen LogP) is 3.90. The molecule has 10 nitrogen and oxygen atoms in total. The summed E-state index contributed by atoms with van der Waals surface area (Å²) in [7, 11) is 4.37. The average molecular weight is 660 g/mol. The third-order valence-electron chi connectivity index (χ3n) is 7.38. The summed E-state index contributed by atoms with van der Waals surface area (Å²) in [6.45, 7) is 2.44. The Morgan fingerprint density at radius 2 is 1.00 bits per heavy atom. The van der Waals surface area contributed by atoms with E-state index in [1.807, 2.05) is 36.9 Å². The zero-order valence-electron chi connectivity index (χ0n) is 25.7. The summed E-state index contributed by atoms with van der Waals surface area (Å²) in [5, 5.41) is 0. The molecular formula is C34H44MnN4O6+2. The van der Waals surface area contributed by atoms with Crippen LogP contribution in [0.4, 0.5) is 0 Å². The van der Waals surface area contributed by atoms with Crippen LogP contribution in [-0.4, -0.2) is 75.3 Å². The minimum atomic E-state index is -0.639. The standard InChI is InChI=1S/C14H10O3.2C10H14N2.Mn.3H2O/c15-13(11-7-3-1-4-8-11)17-14(16)12-9-5-2-6-10-12;2*1-12-7-3-5-10(12)9-4-2-6-11-8-9;;;;/h1-10H;2*2,4,6,8,10H,3,5,7H2,1H3;;3*1H2/q;;;+2;;;/t;2*10-;;;;/m.00..../s1. The van der Waals surface area contributed by atoms with E-state index in [4.69, 9.17) is 4.74 Å². The molecule has 4 aromatic rings. The first-order valence-electron chi connectivity index (χ1n) is 14.1. The fourth-order valence-corrected chi connectivity index (χ4v) is 5.16. The molecule has 11 heteroatoms. The van der Waals surface area contributed by atoms with Gasteiger partial charge in [-0.3, -0.25) is 19.8 Å². The number of hydrogen-bond acceptors (Lipinski definition) is 7. The molecule has 2 fully saturated rings. The van der Waals surface area contributed by atoms with E-state index >= 15 is 0 Å². The SMILES string of the molecule is CN1CCC[C@H]1c1cccnc1.CN1CCC[C@H]1c1cccnc1.O.O.O.O=C(OC(=O)c1ccccc1)c1ccccc1.[Mn+2]. The second kappa shape index (κ2) is 21.8. The zero-order valence-corrected chi connectivity index (χ0v) is 26.9. The van der Waals surface area contributed by atoms with Crippen molar-refractivity contribution in [1.29, 1.82) is 0 Å². The summed E-state index contributed by atoms with van der Waals surface area (Å²) in [6.07, 6.45) is 12.8. The minimum Gasteiger partial charge on any atom is -0.412 e. The van der Waals surface area contributed by atoms with Gasteiger partial charge in [0.2, 0.25) is 0 Å². The summed E-state index contributed by atoms with van der Waals surface area (Å²) in [5.41, 5.74) is 3.43. The van der Waals surface area contributed by atoms with Gasteiger partial charge in [0.25, 0.3) is 0 Å². The van der Waals surface area contributed by atoms with Gasteiger partial charge in [0.15, 0.2) is 0 Å². The Balaban J connectivity index is 0.000000630. The largest absolute Gasteiger partial charge is 2.00 e. The Morgan fingerprint density at radius 3 is 1.29 bits per heavy atom. The van der Waals surface area contributed by atoms with Crippen LogP contribution in [0.25, 0.3) is 0 Å². The first kappa shape index (κ1) is 41.2. The molecule has 2 atom stereocenters. The van der Waals surface area contributed by atoms with E-state index < -0.39 is 11.9 Å². The van der Waals surface area contributed by atoms with Crippen molar-refractivity contribution >= 4 is 11.9 Å². The molecule has 2 aliphatic heterocycles. The number of carbonyl (C=O) groups excluding carboxylic acids is 2. The van der Waals surface area contributed by atoms with Crippen LogP contribution in [0.2, 0.25) is 0 Å². The second-order valence-electron chi connectivity index (χ2n) is 10.3. The summed E-state index contributed by atoms with van der Waals surface area (Å²) in [6, 6.07) is 26.4. The smallest absolute Gasteiger partial charge is 0.412 e. The molecule has 0 unspecified atom stereocenters. The molecular weight excluding hydrogens is 615 g/mol. The third kappa shape index (κ3) is 12.6. The van der Waals surface area contributed by atoms with Crippen LogP contribution in [0.15, 0.2) is 110 Å². The third-order valence-corrected chi connectivity index (χ3v) is 7.38. The molecule has 241 valence electrons. The molecule has 2 aromatic heterocycles. The Labute approximate surface area is 275 Å². The molecule has 6 N–H and O–H groups in total. The normalized spacial score (nSPS) is 16.8. The molecule has 2 saturated heterocycles. The van der Waals surface area contributed by atoms with Crippen LogP contribution in [0.3, 0.4) is 0 Å². The second-order valence-corrected chi connectivity index (χ2v) is 10.3. The van der Waals surface area contributed by atoms with Crippen LogP contribution >= 0.6 is 0 Å². The molecule has 6 rings (SSSR count). The molecule has 0 bridgehead atoms. The number of hydrogen-bond donors (Lipinski definition) is 0. The van der Waals surface area contributed by atoms with E-state index in [0.29, 0.717) is 23.2 Å². The van der Waals surface area contributed by atoms with E-state index in [-0.39, 0.29) is 33.5 Å². The van der Waals surface area contributed by atoms with Crippen molar-refractivity contribution in [3.63, 3.8) is 0 Å². The molecule has 0 aliphatic carbocycles. The number of aromatic nitrogens is 2. The molecule has 1 radical (unpaired) electrons. The molecule has 0 saturated carbocycles. The molecule has 0 amide bonds. The summed E-state index contributed by atoms with van der Waals surface area (Å²) < 4.78 is 4.74. The topological polar surface area (TPSA) is 170 Å². The fourth-order valence-electron chi connectivity index (χ4n) is 5.16. The van der Waals surface area contributed by atoms with Gasteiger partial charge in [0.1, 0.15) is 0 Å². The molecule has 45 heavy (non-hydrogen) atoms. The quantitative estimate of drug-likeness (QED) is 0.182. The van der Waals surface area contributed by atoms with Crippen LogP contribution < -0.4 is 0 Å². The first-order chi connectivity index (χ1) is 20.0. The number of benzene rings is 2. The van der Waals surface area contributed by atoms with Gasteiger partial charge in [-0.2, -0.15) is 0 Å². The number of ether oxygens (including phenoxy) is 1. The minimum absolute atomic E-state index is 0. The fraction of sp³-hybridized carbons (Fsp3) is 0.294. The Kier molecular flexibility index (Phi) is 20.0. The van der Waals surface area contributed by atoms with Crippen molar-refractivity contribution in [3.8, 4) is 0 Å². The molecule has 2 aromatic carbocycles. The maximum absolute atomic E-state index is 11.6. The van der Waals surface area contributed by atoms with Crippen molar-refractivity contribution in [3.05, 3.63) is 132 Å². The van der Waals surface area contributed by atoms with Gasteiger partial charge in [-0.15, -0.1) is 0 Å². The van der Waals surface area contributed by atoms with Gasteiger partial charge >= 0.3 is 29.0 Å². The maximum Gasteiger partial charge on any atom is 2.00 e. The van der Waals surface area contributed by atoms with Crippen molar-refractivity contribution in [2.24, 2.45) is 0 Å². The first-order valence-corrected chi connectivity index (χ1v) is 14.1. The zero-order chi connectivity index (χ0) is 28.9. The van der Waals surface area contributed by atoms with Crippen LogP contribution in [0, 0.1) is 0 Å². The van der Waals surface area contributed by atoms with E-state index in [9.17, 15) is 9.59 Å². The Bertz CT molecular complexity index is 1250. The van der Waals surface area contributed by atoms with Crippen LogP contribution in [0.5, 0.6) is 0 Å². The van der Waals surface area contributed by atoms with Gasteiger partial charge in [-0.05, 0) is 100 Å². The summed E-state index contributed by atoms with van der Waals surface area (Å²) >= 11 is 0. The average Bonchev–Trinajstić information content (AvgIpc) is 3.67. The number of rotatable bonds is 4. The van der Waals surface area contributed by atoms with Gasteiger partial charge in [0.05, 0.1) is 11.1 Å². The summed E-state index contributed by atoms with van der Waals surface area (Å²) in [5.74, 6) is -1.28. The number of esters is 2. The molecule has 4 heterocycles. The Morgan fingerprint density at radius 1 is 0.622 bits per heavy atom. The van der Waals surface area contributed by atoms with Crippen LogP contribution in [0.1, 0.15) is 69.6 Å². The maximum atomic E-state index is 11.6. The predicted molar refractivity (Wildman–Crippen MR) is 171 cm³/mol. The molecule has 0 spiro atoms. The molecule has 2 aliphatic rings. The van der Waals surface area contributed by atoms with E-state index in [0.717, 1.165) is 0 Å². The monoisotopic (exact) mass is 659 g/mol. The van der Waals surface area contributed by atoms with Crippen molar-refractivity contribution in [2.45, 2.75) is 37.8 Å². The van der Waals surface area contributed by atoms with Crippen molar-refractivity contribution in [1.82, 2.24) is 19.8 Å². The van der Waals surface area contributed by atoms with Crippen LogP contribution in [-0.2, 0) is 21.8 Å². The Hall–Kier alpha value is -3.80. The number of likely N-dealkylation sites (tertiary alicyclic amines) is 2. The number of carbonyl (C=O) groups is 2.